The van der Waals surface area contributed by atoms with Gasteiger partial charge in [0.25, 0.3) is 0 Å². The fourth-order valence-corrected chi connectivity index (χ4v) is 2.39. The van der Waals surface area contributed by atoms with Gasteiger partial charge in [0.2, 0.25) is 0 Å². The molecule has 0 bridgehead atoms. The Kier molecular flexibility index (Phi) is 15.5. The molecule has 0 amide bonds. The van der Waals surface area contributed by atoms with E-state index in [1.54, 1.807) is 0 Å². The molecule has 0 aromatic carbocycles. The molecule has 1 nitrogen and oxygen atoms in total. The molecule has 0 saturated heterocycles. The minimum Gasteiger partial charge on any atom is -0.294 e. The van der Waals surface area contributed by atoms with Crippen LogP contribution >= 0.6 is 0 Å². The fourth-order valence-electron chi connectivity index (χ4n) is 2.39. The molecule has 0 N–H and O–H groups in total. The van der Waals surface area contributed by atoms with Gasteiger partial charge in [-0.15, -0.1) is 0 Å². The monoisotopic (exact) mass is 267 g/mol. The number of nitrogens with zero attached hydrogens (tertiary/aromatic N) is 1. The molecule has 0 heterocycles. The predicted octanol–water partition coefficient (Wildman–Crippen LogP) is 6.56. The highest BCUT2D eigenvalue weighted by atomic mass is 14.7. The Balaban J connectivity index is 3.83. The summed E-state index contributed by atoms with van der Waals surface area (Å²) in [6, 6.07) is 0. The van der Waals surface area contributed by atoms with Crippen LogP contribution in [0.15, 0.2) is 4.99 Å². The molecule has 0 rings (SSSR count). The van der Waals surface area contributed by atoms with Gasteiger partial charge >= 0.3 is 0 Å². The second-order valence-electron chi connectivity index (χ2n) is 5.78. The lowest BCUT2D eigenvalue weighted by atomic mass is 10.0. The summed E-state index contributed by atoms with van der Waals surface area (Å²) in [6.07, 6.45) is 17.4. The van der Waals surface area contributed by atoms with Crippen molar-refractivity contribution in [1.82, 2.24) is 0 Å². The molecule has 0 spiro atoms. The average Bonchev–Trinajstić information content (AvgIpc) is 2.42. The summed E-state index contributed by atoms with van der Waals surface area (Å²) < 4.78 is 0. The third kappa shape index (κ3) is 13.9. The van der Waals surface area contributed by atoms with E-state index in [-0.39, 0.29) is 0 Å². The number of hydrogen-bond acceptors (Lipinski definition) is 1. The highest BCUT2D eigenvalue weighted by Crippen LogP contribution is 2.10. The second kappa shape index (κ2) is 15.7. The first kappa shape index (κ1) is 18.7. The average molecular weight is 268 g/mol. The van der Waals surface area contributed by atoms with Crippen LogP contribution in [0.4, 0.5) is 0 Å². The molecule has 0 unspecified atom stereocenters. The third-order valence-electron chi connectivity index (χ3n) is 3.73. The van der Waals surface area contributed by atoms with Gasteiger partial charge in [0.15, 0.2) is 0 Å². The van der Waals surface area contributed by atoms with E-state index in [1.807, 2.05) is 0 Å². The molecule has 0 aliphatic carbocycles. The Bertz CT molecular complexity index is 196. The van der Waals surface area contributed by atoms with E-state index < -0.39 is 0 Å². The fraction of sp³-hybridized carbons (Fsp3) is 0.944. The molecular formula is C18H37N. The van der Waals surface area contributed by atoms with Crippen molar-refractivity contribution in [3.8, 4) is 0 Å². The molecule has 0 radical (unpaired) electrons. The predicted molar refractivity (Wildman–Crippen MR) is 89.3 cm³/mol. The van der Waals surface area contributed by atoms with Gasteiger partial charge in [-0.25, -0.2) is 0 Å². The van der Waals surface area contributed by atoms with Crippen LogP contribution in [0.1, 0.15) is 104 Å². The molecule has 0 saturated carbocycles. The van der Waals surface area contributed by atoms with Crippen LogP contribution in [0.25, 0.3) is 0 Å². The van der Waals surface area contributed by atoms with Gasteiger partial charge in [-0.3, -0.25) is 4.99 Å². The summed E-state index contributed by atoms with van der Waals surface area (Å²) in [5.74, 6) is 0. The highest BCUT2D eigenvalue weighted by molar-refractivity contribution is 5.84. The number of hydrogen-bond donors (Lipinski definition) is 0. The normalized spacial score (nSPS) is 12.1. The maximum atomic E-state index is 4.88. The van der Waals surface area contributed by atoms with Gasteiger partial charge < -0.3 is 0 Å². The first-order chi connectivity index (χ1) is 9.35. The standard InChI is InChI=1S/C18H37N/c1-4-7-10-13-16-18(15-12-9-6-3)19-17-14-11-8-5-2/h4-17H2,1-3H3/b19-18+. The van der Waals surface area contributed by atoms with Crippen molar-refractivity contribution in [1.29, 1.82) is 0 Å². The molecule has 1 heteroatoms. The van der Waals surface area contributed by atoms with Crippen LogP contribution in [0.2, 0.25) is 0 Å². The molecule has 114 valence electrons. The van der Waals surface area contributed by atoms with Crippen LogP contribution in [0.5, 0.6) is 0 Å². The Morgan fingerprint density at radius 1 is 0.579 bits per heavy atom. The first-order valence-corrected chi connectivity index (χ1v) is 8.87. The van der Waals surface area contributed by atoms with Crippen molar-refractivity contribution >= 4 is 5.71 Å². The lowest BCUT2D eigenvalue weighted by Gasteiger charge is -2.07. The van der Waals surface area contributed by atoms with Gasteiger partial charge in [-0.2, -0.15) is 0 Å². The molecule has 19 heavy (non-hydrogen) atoms. The van der Waals surface area contributed by atoms with Crippen molar-refractivity contribution in [3.63, 3.8) is 0 Å². The lowest BCUT2D eigenvalue weighted by Crippen LogP contribution is -2.01. The van der Waals surface area contributed by atoms with E-state index in [0.717, 1.165) is 6.54 Å². The summed E-state index contributed by atoms with van der Waals surface area (Å²) in [6.45, 7) is 7.91. The summed E-state index contributed by atoms with van der Waals surface area (Å²) >= 11 is 0. The van der Waals surface area contributed by atoms with E-state index in [1.165, 1.54) is 89.2 Å². The summed E-state index contributed by atoms with van der Waals surface area (Å²) in [7, 11) is 0. The first-order valence-electron chi connectivity index (χ1n) is 8.87. The smallest absolute Gasteiger partial charge is 0.0388 e. The molecule has 0 aromatic rings. The highest BCUT2D eigenvalue weighted by Gasteiger charge is 2.00. The SMILES string of the molecule is CCCCCC/N=C(\CCCCC)CCCCCC. The Hall–Kier alpha value is -0.330. The number of unbranched alkanes of at least 4 members (excludes halogenated alkanes) is 8. The van der Waals surface area contributed by atoms with Crippen LogP contribution in [0.3, 0.4) is 0 Å². The zero-order valence-corrected chi connectivity index (χ0v) is 13.8. The second-order valence-corrected chi connectivity index (χ2v) is 5.78. The van der Waals surface area contributed by atoms with Crippen molar-refractivity contribution in [2.45, 2.75) is 104 Å². The van der Waals surface area contributed by atoms with Gasteiger partial charge in [0.1, 0.15) is 0 Å². The summed E-state index contributed by atoms with van der Waals surface area (Å²) in [4.78, 5) is 4.88. The lowest BCUT2D eigenvalue weighted by molar-refractivity contribution is 0.659. The van der Waals surface area contributed by atoms with Crippen molar-refractivity contribution in [2.75, 3.05) is 6.54 Å². The van der Waals surface area contributed by atoms with Crippen molar-refractivity contribution in [3.05, 3.63) is 0 Å². The molecule has 0 fully saturated rings. The number of rotatable bonds is 14. The summed E-state index contributed by atoms with van der Waals surface area (Å²) in [5, 5.41) is 0. The van der Waals surface area contributed by atoms with Gasteiger partial charge in [0, 0.05) is 12.3 Å². The largest absolute Gasteiger partial charge is 0.294 e. The zero-order chi connectivity index (χ0) is 14.2. The third-order valence-corrected chi connectivity index (χ3v) is 3.73. The summed E-state index contributed by atoms with van der Waals surface area (Å²) in [5.41, 5.74) is 1.51. The quantitative estimate of drug-likeness (QED) is 0.250. The van der Waals surface area contributed by atoms with E-state index in [9.17, 15) is 0 Å². The maximum absolute atomic E-state index is 4.88. The Labute approximate surface area is 122 Å². The minimum absolute atomic E-state index is 1.08. The van der Waals surface area contributed by atoms with E-state index in [0.29, 0.717) is 0 Å². The molecule has 0 aromatic heterocycles. The zero-order valence-electron chi connectivity index (χ0n) is 13.8. The van der Waals surface area contributed by atoms with Crippen LogP contribution < -0.4 is 0 Å². The van der Waals surface area contributed by atoms with Gasteiger partial charge in [-0.05, 0) is 32.1 Å². The van der Waals surface area contributed by atoms with Crippen molar-refractivity contribution < 1.29 is 0 Å². The Morgan fingerprint density at radius 2 is 1.05 bits per heavy atom. The van der Waals surface area contributed by atoms with Gasteiger partial charge in [0.05, 0.1) is 0 Å². The topological polar surface area (TPSA) is 12.4 Å². The van der Waals surface area contributed by atoms with E-state index in [4.69, 9.17) is 4.99 Å². The Morgan fingerprint density at radius 3 is 1.63 bits per heavy atom. The van der Waals surface area contributed by atoms with Crippen molar-refractivity contribution in [2.24, 2.45) is 4.99 Å². The van der Waals surface area contributed by atoms with Crippen LogP contribution in [-0.2, 0) is 0 Å². The maximum Gasteiger partial charge on any atom is 0.0388 e. The van der Waals surface area contributed by atoms with Crippen LogP contribution in [-0.4, -0.2) is 12.3 Å². The van der Waals surface area contributed by atoms with Gasteiger partial charge in [-0.1, -0.05) is 72.1 Å². The number of aliphatic imine (C=N–C) groups is 1. The van der Waals surface area contributed by atoms with Crippen LogP contribution in [0, 0.1) is 0 Å². The molecule has 0 aliphatic rings. The minimum atomic E-state index is 1.08. The van der Waals surface area contributed by atoms with E-state index >= 15 is 0 Å². The van der Waals surface area contributed by atoms with E-state index in [2.05, 4.69) is 20.8 Å². The molecule has 0 atom stereocenters. The molecule has 0 aliphatic heterocycles. The molecular weight excluding hydrogens is 230 g/mol.